The fraction of sp³-hybridized carbons (Fsp3) is 1.00. The van der Waals surface area contributed by atoms with E-state index in [2.05, 4.69) is 0 Å². The second-order valence-corrected chi connectivity index (χ2v) is 6.72. The summed E-state index contributed by atoms with van der Waals surface area (Å²) in [4.78, 5) is 2.05. The zero-order valence-electron chi connectivity index (χ0n) is 8.94. The molecule has 14 heavy (non-hydrogen) atoms. The fourth-order valence-electron chi connectivity index (χ4n) is 1.91. The van der Waals surface area contributed by atoms with Gasteiger partial charge in [-0.3, -0.25) is 0 Å². The van der Waals surface area contributed by atoms with Crippen molar-refractivity contribution in [2.75, 3.05) is 32.1 Å². The highest BCUT2D eigenvalue weighted by molar-refractivity contribution is 7.91. The molecule has 1 aliphatic heterocycles. The number of nitrogens with zero attached hydrogens (tertiary/aromatic N) is 1. The largest absolute Gasteiger partial charge is 0.326 e. The standard InChI is InChI=1S/C9H20N2O2S/c1-11(2)7-9(10)8-3-5-14(12,13)6-4-8/h8-9H,3-7,10H2,1-2H3. The number of sulfone groups is 1. The smallest absolute Gasteiger partial charge is 0.150 e. The predicted molar refractivity (Wildman–Crippen MR) is 57.9 cm³/mol. The Morgan fingerprint density at radius 3 is 2.29 bits per heavy atom. The van der Waals surface area contributed by atoms with Gasteiger partial charge >= 0.3 is 0 Å². The predicted octanol–water partition coefficient (Wildman–Crippen LogP) is -0.300. The average Bonchev–Trinajstić information content (AvgIpc) is 2.02. The molecule has 0 bridgehead atoms. The van der Waals surface area contributed by atoms with Crippen molar-refractivity contribution in [2.45, 2.75) is 18.9 Å². The molecule has 0 aromatic rings. The molecule has 1 unspecified atom stereocenters. The molecule has 5 heteroatoms. The molecular weight excluding hydrogens is 200 g/mol. The average molecular weight is 220 g/mol. The topological polar surface area (TPSA) is 63.4 Å². The van der Waals surface area contributed by atoms with E-state index < -0.39 is 9.84 Å². The van der Waals surface area contributed by atoms with Gasteiger partial charge in [-0.2, -0.15) is 0 Å². The van der Waals surface area contributed by atoms with Gasteiger partial charge in [0.2, 0.25) is 0 Å². The molecule has 0 spiro atoms. The van der Waals surface area contributed by atoms with Crippen LogP contribution in [-0.4, -0.2) is 51.5 Å². The fourth-order valence-corrected chi connectivity index (χ4v) is 3.43. The molecule has 1 aliphatic rings. The van der Waals surface area contributed by atoms with Crippen molar-refractivity contribution >= 4 is 9.84 Å². The van der Waals surface area contributed by atoms with Crippen LogP contribution in [0.5, 0.6) is 0 Å². The maximum Gasteiger partial charge on any atom is 0.150 e. The van der Waals surface area contributed by atoms with Gasteiger partial charge in [0, 0.05) is 12.6 Å². The highest BCUT2D eigenvalue weighted by atomic mass is 32.2. The first-order valence-corrected chi connectivity index (χ1v) is 6.83. The molecule has 0 saturated carbocycles. The molecule has 84 valence electrons. The summed E-state index contributed by atoms with van der Waals surface area (Å²) >= 11 is 0. The summed E-state index contributed by atoms with van der Waals surface area (Å²) < 4.78 is 22.4. The molecule has 0 aliphatic carbocycles. The van der Waals surface area contributed by atoms with Crippen LogP contribution in [0.1, 0.15) is 12.8 Å². The van der Waals surface area contributed by atoms with Crippen LogP contribution in [0.15, 0.2) is 0 Å². The Bertz CT molecular complexity index is 261. The van der Waals surface area contributed by atoms with E-state index in [4.69, 9.17) is 5.73 Å². The SMILES string of the molecule is CN(C)CC(N)C1CCS(=O)(=O)CC1. The van der Waals surface area contributed by atoms with Crippen LogP contribution in [0.3, 0.4) is 0 Å². The molecule has 1 saturated heterocycles. The van der Waals surface area contributed by atoms with E-state index in [1.54, 1.807) is 0 Å². The Hall–Kier alpha value is -0.130. The maximum absolute atomic E-state index is 11.2. The van der Waals surface area contributed by atoms with Crippen molar-refractivity contribution in [1.29, 1.82) is 0 Å². The minimum atomic E-state index is -2.75. The van der Waals surface area contributed by atoms with Crippen LogP contribution < -0.4 is 5.73 Å². The monoisotopic (exact) mass is 220 g/mol. The first kappa shape index (κ1) is 11.9. The second-order valence-electron chi connectivity index (χ2n) is 4.42. The highest BCUT2D eigenvalue weighted by Gasteiger charge is 2.27. The molecule has 4 nitrogen and oxygen atoms in total. The van der Waals surface area contributed by atoms with Gasteiger partial charge in [-0.15, -0.1) is 0 Å². The lowest BCUT2D eigenvalue weighted by molar-refractivity contribution is 0.294. The third-order valence-corrected chi connectivity index (χ3v) is 4.50. The van der Waals surface area contributed by atoms with Crippen LogP contribution in [0, 0.1) is 5.92 Å². The van der Waals surface area contributed by atoms with Crippen LogP contribution in [0.25, 0.3) is 0 Å². The number of hydrogen-bond acceptors (Lipinski definition) is 4. The quantitative estimate of drug-likeness (QED) is 0.709. The zero-order valence-corrected chi connectivity index (χ0v) is 9.76. The van der Waals surface area contributed by atoms with Crippen molar-refractivity contribution in [1.82, 2.24) is 4.90 Å². The van der Waals surface area contributed by atoms with Crippen LogP contribution in [0.2, 0.25) is 0 Å². The summed E-state index contributed by atoms with van der Waals surface area (Å²) in [5.41, 5.74) is 6.00. The summed E-state index contributed by atoms with van der Waals surface area (Å²) in [7, 11) is 1.22. The van der Waals surface area contributed by atoms with E-state index in [0.29, 0.717) is 17.4 Å². The minimum Gasteiger partial charge on any atom is -0.326 e. The van der Waals surface area contributed by atoms with Crippen molar-refractivity contribution in [3.8, 4) is 0 Å². The molecule has 1 rings (SSSR count). The van der Waals surface area contributed by atoms with E-state index in [-0.39, 0.29) is 6.04 Å². The van der Waals surface area contributed by atoms with Gasteiger partial charge in [-0.25, -0.2) is 8.42 Å². The maximum atomic E-state index is 11.2. The third kappa shape index (κ3) is 3.55. The Morgan fingerprint density at radius 1 is 1.36 bits per heavy atom. The van der Waals surface area contributed by atoms with Gasteiger partial charge in [-0.05, 0) is 32.9 Å². The molecule has 1 fully saturated rings. The van der Waals surface area contributed by atoms with Gasteiger partial charge in [0.25, 0.3) is 0 Å². The van der Waals surface area contributed by atoms with E-state index in [1.807, 2.05) is 19.0 Å². The number of rotatable bonds is 3. The normalized spacial score (nSPS) is 25.1. The summed E-state index contributed by atoms with van der Waals surface area (Å²) in [6, 6.07) is 0.112. The Morgan fingerprint density at radius 2 is 1.86 bits per heavy atom. The lowest BCUT2D eigenvalue weighted by Crippen LogP contribution is -2.42. The Kier molecular flexibility index (Phi) is 3.92. The van der Waals surface area contributed by atoms with Crippen molar-refractivity contribution in [3.63, 3.8) is 0 Å². The highest BCUT2D eigenvalue weighted by Crippen LogP contribution is 2.21. The first-order chi connectivity index (χ1) is 6.41. The molecular formula is C9H20N2O2S. The van der Waals surface area contributed by atoms with Gasteiger partial charge in [0.05, 0.1) is 11.5 Å². The van der Waals surface area contributed by atoms with Crippen LogP contribution >= 0.6 is 0 Å². The first-order valence-electron chi connectivity index (χ1n) is 5.01. The Balaban J connectivity index is 2.41. The lowest BCUT2D eigenvalue weighted by Gasteiger charge is -2.29. The van der Waals surface area contributed by atoms with Gasteiger partial charge in [-0.1, -0.05) is 0 Å². The summed E-state index contributed by atoms with van der Waals surface area (Å²) in [5, 5.41) is 0. The van der Waals surface area contributed by atoms with Crippen LogP contribution in [0.4, 0.5) is 0 Å². The summed E-state index contributed by atoms with van der Waals surface area (Å²) in [6.45, 7) is 0.838. The summed E-state index contributed by atoms with van der Waals surface area (Å²) in [5.74, 6) is 1.01. The third-order valence-electron chi connectivity index (χ3n) is 2.78. The number of hydrogen-bond donors (Lipinski definition) is 1. The van der Waals surface area contributed by atoms with E-state index in [1.165, 1.54) is 0 Å². The van der Waals surface area contributed by atoms with E-state index in [9.17, 15) is 8.42 Å². The number of likely N-dealkylation sites (N-methyl/N-ethyl adjacent to an activating group) is 1. The lowest BCUT2D eigenvalue weighted by atomic mass is 9.94. The zero-order chi connectivity index (χ0) is 10.8. The molecule has 0 amide bonds. The minimum absolute atomic E-state index is 0.112. The Labute approximate surface area is 86.4 Å². The molecule has 1 heterocycles. The van der Waals surface area contributed by atoms with Gasteiger partial charge in [0.1, 0.15) is 9.84 Å². The van der Waals surface area contributed by atoms with Gasteiger partial charge < -0.3 is 10.6 Å². The van der Waals surface area contributed by atoms with E-state index in [0.717, 1.165) is 19.4 Å². The van der Waals surface area contributed by atoms with E-state index >= 15 is 0 Å². The number of nitrogens with two attached hydrogens (primary N) is 1. The van der Waals surface area contributed by atoms with Crippen molar-refractivity contribution in [3.05, 3.63) is 0 Å². The summed E-state index contributed by atoms with van der Waals surface area (Å²) in [6.07, 6.45) is 1.47. The van der Waals surface area contributed by atoms with Crippen molar-refractivity contribution < 1.29 is 8.42 Å². The second kappa shape index (κ2) is 4.59. The van der Waals surface area contributed by atoms with Crippen LogP contribution in [-0.2, 0) is 9.84 Å². The molecule has 0 aromatic heterocycles. The molecule has 0 radical (unpaired) electrons. The molecule has 1 atom stereocenters. The van der Waals surface area contributed by atoms with Crippen molar-refractivity contribution in [2.24, 2.45) is 11.7 Å². The molecule has 0 aromatic carbocycles. The van der Waals surface area contributed by atoms with Gasteiger partial charge in [0.15, 0.2) is 0 Å². The molecule has 2 N–H and O–H groups in total.